The zero-order valence-electron chi connectivity index (χ0n) is 17.6. The molecule has 3 heterocycles. The first-order valence-corrected chi connectivity index (χ1v) is 10.3. The van der Waals surface area contributed by atoms with E-state index >= 15 is 0 Å². The SMILES string of the molecule is COC1(C)CN(c2nc(NC3CC(O)C3)nc3c2cnn3-c2cccc(C(F)(F)F)c2)C1. The van der Waals surface area contributed by atoms with Gasteiger partial charge in [0.25, 0.3) is 0 Å². The van der Waals surface area contributed by atoms with Gasteiger partial charge in [0.05, 0.1) is 34.5 Å². The summed E-state index contributed by atoms with van der Waals surface area (Å²) in [4.78, 5) is 11.3. The summed E-state index contributed by atoms with van der Waals surface area (Å²) in [5.74, 6) is 0.995. The largest absolute Gasteiger partial charge is 0.416 e. The number of alkyl halides is 3. The fourth-order valence-corrected chi connectivity index (χ4v) is 4.13. The number of hydrogen-bond donors (Lipinski definition) is 2. The average molecular weight is 448 g/mol. The van der Waals surface area contributed by atoms with Crippen LogP contribution in [0.25, 0.3) is 16.7 Å². The summed E-state index contributed by atoms with van der Waals surface area (Å²) < 4.78 is 46.6. The maximum Gasteiger partial charge on any atom is 0.416 e. The molecule has 1 saturated heterocycles. The number of nitrogens with one attached hydrogen (secondary N) is 1. The Labute approximate surface area is 182 Å². The molecule has 0 atom stereocenters. The van der Waals surface area contributed by atoms with Crippen molar-refractivity contribution < 1.29 is 23.0 Å². The molecule has 8 nitrogen and oxygen atoms in total. The molecular weight excluding hydrogens is 425 g/mol. The van der Waals surface area contributed by atoms with Crippen molar-refractivity contribution in [1.29, 1.82) is 0 Å². The zero-order valence-corrected chi connectivity index (χ0v) is 17.6. The van der Waals surface area contributed by atoms with Crippen LogP contribution in [0.5, 0.6) is 0 Å². The topological polar surface area (TPSA) is 88.3 Å². The Kier molecular flexibility index (Phi) is 4.79. The molecule has 0 bridgehead atoms. The Balaban J connectivity index is 1.57. The van der Waals surface area contributed by atoms with Crippen molar-refractivity contribution in [1.82, 2.24) is 19.7 Å². The number of halogens is 3. The van der Waals surface area contributed by atoms with Gasteiger partial charge < -0.3 is 20.1 Å². The minimum Gasteiger partial charge on any atom is -0.393 e. The lowest BCUT2D eigenvalue weighted by molar-refractivity contribution is -0.137. The van der Waals surface area contributed by atoms with Gasteiger partial charge in [-0.3, -0.25) is 0 Å². The molecular formula is C21H23F3N6O2. The van der Waals surface area contributed by atoms with Gasteiger partial charge in [-0.15, -0.1) is 0 Å². The van der Waals surface area contributed by atoms with Gasteiger partial charge in [0.1, 0.15) is 5.82 Å². The molecule has 1 saturated carbocycles. The first-order chi connectivity index (χ1) is 15.1. The average Bonchev–Trinajstić information content (AvgIpc) is 3.13. The van der Waals surface area contributed by atoms with Crippen molar-refractivity contribution in [2.24, 2.45) is 0 Å². The van der Waals surface area contributed by atoms with Crippen LogP contribution < -0.4 is 10.2 Å². The number of hydrogen-bond acceptors (Lipinski definition) is 7. The Morgan fingerprint density at radius 3 is 2.62 bits per heavy atom. The summed E-state index contributed by atoms with van der Waals surface area (Å²) >= 11 is 0. The monoisotopic (exact) mass is 448 g/mol. The number of rotatable bonds is 5. The third kappa shape index (κ3) is 3.65. The van der Waals surface area contributed by atoms with E-state index in [-0.39, 0.29) is 23.4 Å². The first kappa shape index (κ1) is 21.0. The molecule has 170 valence electrons. The molecule has 5 rings (SSSR count). The molecule has 32 heavy (non-hydrogen) atoms. The van der Waals surface area contributed by atoms with E-state index < -0.39 is 11.7 Å². The predicted octanol–water partition coefficient (Wildman–Crippen LogP) is 2.99. The fourth-order valence-electron chi connectivity index (χ4n) is 4.13. The zero-order chi connectivity index (χ0) is 22.7. The van der Waals surface area contributed by atoms with E-state index in [9.17, 15) is 18.3 Å². The minimum absolute atomic E-state index is 0.0425. The Hall–Kier alpha value is -2.92. The third-order valence-corrected chi connectivity index (χ3v) is 6.12. The van der Waals surface area contributed by atoms with Gasteiger partial charge in [0.15, 0.2) is 5.65 Å². The molecule has 0 spiro atoms. The van der Waals surface area contributed by atoms with Gasteiger partial charge in [-0.2, -0.15) is 28.2 Å². The highest BCUT2D eigenvalue weighted by molar-refractivity contribution is 5.89. The number of aliphatic hydroxyl groups excluding tert-OH is 1. The molecule has 1 aliphatic heterocycles. The lowest BCUT2D eigenvalue weighted by atomic mass is 9.90. The number of nitrogens with zero attached hydrogens (tertiary/aromatic N) is 5. The fraction of sp³-hybridized carbons (Fsp3) is 0.476. The summed E-state index contributed by atoms with van der Waals surface area (Å²) in [5, 5.41) is 17.8. The van der Waals surface area contributed by atoms with Crippen LogP contribution in [0.1, 0.15) is 25.3 Å². The molecule has 2 N–H and O–H groups in total. The van der Waals surface area contributed by atoms with Crippen LogP contribution in [0, 0.1) is 0 Å². The van der Waals surface area contributed by atoms with Crippen molar-refractivity contribution in [3.05, 3.63) is 36.0 Å². The third-order valence-electron chi connectivity index (χ3n) is 6.12. The van der Waals surface area contributed by atoms with Gasteiger partial charge in [0.2, 0.25) is 5.95 Å². The maximum atomic E-state index is 13.2. The van der Waals surface area contributed by atoms with Crippen LogP contribution in [-0.2, 0) is 10.9 Å². The Morgan fingerprint density at radius 2 is 1.97 bits per heavy atom. The van der Waals surface area contributed by atoms with Crippen molar-refractivity contribution in [2.75, 3.05) is 30.4 Å². The second-order valence-corrected chi connectivity index (χ2v) is 8.69. The number of aliphatic hydroxyl groups is 1. The molecule has 0 unspecified atom stereocenters. The normalized spacial score (nSPS) is 22.5. The number of benzene rings is 1. The predicted molar refractivity (Wildman–Crippen MR) is 112 cm³/mol. The molecule has 2 fully saturated rings. The van der Waals surface area contributed by atoms with Crippen LogP contribution in [0.4, 0.5) is 24.9 Å². The molecule has 3 aromatic rings. The van der Waals surface area contributed by atoms with Gasteiger partial charge >= 0.3 is 6.18 Å². The van der Waals surface area contributed by atoms with Crippen LogP contribution in [0.15, 0.2) is 30.5 Å². The number of anilines is 2. The maximum absolute atomic E-state index is 13.2. The van der Waals surface area contributed by atoms with Gasteiger partial charge in [-0.05, 0) is 38.0 Å². The van der Waals surface area contributed by atoms with E-state index in [1.54, 1.807) is 19.4 Å². The summed E-state index contributed by atoms with van der Waals surface area (Å²) in [7, 11) is 1.66. The Bertz CT molecular complexity index is 1150. The van der Waals surface area contributed by atoms with E-state index in [1.807, 2.05) is 11.8 Å². The summed E-state index contributed by atoms with van der Waals surface area (Å²) in [6.07, 6.45) is -2.04. The number of ether oxygens (including phenoxy) is 1. The van der Waals surface area contributed by atoms with Crippen LogP contribution in [0.3, 0.4) is 0 Å². The van der Waals surface area contributed by atoms with Crippen molar-refractivity contribution in [2.45, 2.75) is 43.7 Å². The van der Waals surface area contributed by atoms with Gasteiger partial charge in [-0.25, -0.2) is 4.68 Å². The van der Waals surface area contributed by atoms with Crippen molar-refractivity contribution in [3.63, 3.8) is 0 Å². The summed E-state index contributed by atoms with van der Waals surface area (Å²) in [6, 6.07) is 5.03. The van der Waals surface area contributed by atoms with E-state index in [2.05, 4.69) is 20.4 Å². The number of methoxy groups -OCH3 is 1. The summed E-state index contributed by atoms with van der Waals surface area (Å²) in [5.41, 5.74) is -0.383. The first-order valence-electron chi connectivity index (χ1n) is 10.3. The summed E-state index contributed by atoms with van der Waals surface area (Å²) in [6.45, 7) is 3.24. The van der Waals surface area contributed by atoms with Gasteiger partial charge in [0, 0.05) is 26.2 Å². The molecule has 11 heteroatoms. The van der Waals surface area contributed by atoms with Crippen molar-refractivity contribution >= 4 is 22.8 Å². The smallest absolute Gasteiger partial charge is 0.393 e. The van der Waals surface area contributed by atoms with E-state index in [4.69, 9.17) is 4.74 Å². The number of fused-ring (bicyclic) bond motifs is 1. The highest BCUT2D eigenvalue weighted by Crippen LogP contribution is 2.36. The van der Waals surface area contributed by atoms with E-state index in [0.717, 1.165) is 12.1 Å². The molecule has 2 aliphatic rings. The van der Waals surface area contributed by atoms with Crippen LogP contribution in [-0.4, -0.2) is 62.8 Å². The Morgan fingerprint density at radius 1 is 1.22 bits per heavy atom. The standard InChI is InChI=1S/C21H23F3N6O2/c1-20(32-2)10-29(11-20)17-16-9-25-30(14-5-3-4-12(6-14)21(22,23)24)18(16)28-19(27-17)26-13-7-15(31)8-13/h3-6,9,13,15,31H,7-8,10-11H2,1-2H3,(H,26,27,28). The van der Waals surface area contributed by atoms with Crippen LogP contribution >= 0.6 is 0 Å². The molecule has 2 aromatic heterocycles. The molecule has 1 aliphatic carbocycles. The molecule has 0 radical (unpaired) electrons. The van der Waals surface area contributed by atoms with Gasteiger partial charge in [-0.1, -0.05) is 6.07 Å². The minimum atomic E-state index is -4.46. The second-order valence-electron chi connectivity index (χ2n) is 8.69. The van der Waals surface area contributed by atoms with Crippen LogP contribution in [0.2, 0.25) is 0 Å². The quantitative estimate of drug-likeness (QED) is 0.620. The van der Waals surface area contributed by atoms with Crippen molar-refractivity contribution in [3.8, 4) is 5.69 Å². The number of aromatic nitrogens is 4. The molecule has 1 aromatic carbocycles. The van der Waals surface area contributed by atoms with E-state index in [0.29, 0.717) is 48.7 Å². The lowest BCUT2D eigenvalue weighted by Crippen LogP contribution is -2.61. The lowest BCUT2D eigenvalue weighted by Gasteiger charge is -2.47. The molecule has 0 amide bonds. The van der Waals surface area contributed by atoms with E-state index in [1.165, 1.54) is 10.7 Å². The highest BCUT2D eigenvalue weighted by atomic mass is 19.4. The second kappa shape index (κ2) is 7.31. The highest BCUT2D eigenvalue weighted by Gasteiger charge is 2.41.